The first-order valence-corrected chi connectivity index (χ1v) is 11.9. The lowest BCUT2D eigenvalue weighted by atomic mass is 9.95. The van der Waals surface area contributed by atoms with Crippen molar-refractivity contribution in [1.29, 1.82) is 0 Å². The number of nitrogens with zero attached hydrogens (tertiary/aromatic N) is 3. The maximum absolute atomic E-state index is 11.2. The SMILES string of the molecule is COc1cnc2cccc(C(O)CN3C4CCC3CC(NCC=Cc3ccccn3)C4)c2c1. The normalized spacial score (nSPS) is 23.9. The van der Waals surface area contributed by atoms with Crippen molar-refractivity contribution in [3.05, 3.63) is 72.2 Å². The summed E-state index contributed by atoms with van der Waals surface area (Å²) in [5, 5.41) is 15.9. The lowest BCUT2D eigenvalue weighted by Crippen LogP contribution is -2.50. The molecule has 3 aromatic rings. The van der Waals surface area contributed by atoms with Crippen molar-refractivity contribution in [2.75, 3.05) is 20.2 Å². The third-order valence-electron chi connectivity index (χ3n) is 7.10. The molecule has 2 aliphatic rings. The highest BCUT2D eigenvalue weighted by atomic mass is 16.5. The molecular formula is C27H32N4O2. The number of aliphatic hydroxyl groups excluding tert-OH is 1. The van der Waals surface area contributed by atoms with Crippen LogP contribution in [0.3, 0.4) is 0 Å². The third-order valence-corrected chi connectivity index (χ3v) is 7.10. The van der Waals surface area contributed by atoms with Gasteiger partial charge in [-0.2, -0.15) is 0 Å². The van der Waals surface area contributed by atoms with Gasteiger partial charge in [0, 0.05) is 42.8 Å². The van der Waals surface area contributed by atoms with Crippen LogP contribution in [0, 0.1) is 0 Å². The second-order valence-corrected chi connectivity index (χ2v) is 9.12. The van der Waals surface area contributed by atoms with Crippen molar-refractivity contribution in [1.82, 2.24) is 20.2 Å². The van der Waals surface area contributed by atoms with Crippen LogP contribution < -0.4 is 10.1 Å². The predicted molar refractivity (Wildman–Crippen MR) is 131 cm³/mol. The highest BCUT2D eigenvalue weighted by Crippen LogP contribution is 2.37. The van der Waals surface area contributed by atoms with E-state index in [-0.39, 0.29) is 0 Å². The van der Waals surface area contributed by atoms with Gasteiger partial charge in [0.05, 0.1) is 30.6 Å². The summed E-state index contributed by atoms with van der Waals surface area (Å²) >= 11 is 0. The molecule has 2 N–H and O–H groups in total. The number of hydrogen-bond acceptors (Lipinski definition) is 6. The molecule has 2 saturated heterocycles. The molecular weight excluding hydrogens is 412 g/mol. The molecule has 0 spiro atoms. The number of rotatable bonds is 8. The smallest absolute Gasteiger partial charge is 0.137 e. The van der Waals surface area contributed by atoms with Crippen LogP contribution in [0.25, 0.3) is 17.0 Å². The Balaban J connectivity index is 1.20. The van der Waals surface area contributed by atoms with Crippen molar-refractivity contribution in [2.24, 2.45) is 0 Å². The summed E-state index contributed by atoms with van der Waals surface area (Å²) in [7, 11) is 1.64. The van der Waals surface area contributed by atoms with Gasteiger partial charge >= 0.3 is 0 Å². The first kappa shape index (κ1) is 22.0. The van der Waals surface area contributed by atoms with Crippen LogP contribution in [0.4, 0.5) is 0 Å². The number of methoxy groups -OCH3 is 1. The fraction of sp³-hybridized carbons (Fsp3) is 0.407. The highest BCUT2D eigenvalue weighted by Gasteiger charge is 2.41. The van der Waals surface area contributed by atoms with E-state index in [9.17, 15) is 5.11 Å². The van der Waals surface area contributed by atoms with Crippen LogP contribution in [0.2, 0.25) is 0 Å². The molecule has 0 radical (unpaired) electrons. The molecule has 2 bridgehead atoms. The van der Waals surface area contributed by atoms with Crippen LogP contribution in [-0.4, -0.2) is 58.3 Å². The topological polar surface area (TPSA) is 70.5 Å². The zero-order valence-electron chi connectivity index (χ0n) is 19.1. The summed E-state index contributed by atoms with van der Waals surface area (Å²) in [6, 6.07) is 15.5. The van der Waals surface area contributed by atoms with E-state index in [4.69, 9.17) is 4.74 Å². The third kappa shape index (κ3) is 4.93. The zero-order chi connectivity index (χ0) is 22.6. The van der Waals surface area contributed by atoms with Crippen LogP contribution in [0.1, 0.15) is 43.0 Å². The van der Waals surface area contributed by atoms with Gasteiger partial charge in [0.25, 0.3) is 0 Å². The Morgan fingerprint density at radius 3 is 2.76 bits per heavy atom. The van der Waals surface area contributed by atoms with Gasteiger partial charge in [0.2, 0.25) is 0 Å². The maximum Gasteiger partial charge on any atom is 0.137 e. The average molecular weight is 445 g/mol. The molecule has 0 aliphatic carbocycles. The molecule has 2 fully saturated rings. The number of pyridine rings is 2. The molecule has 3 unspecified atom stereocenters. The van der Waals surface area contributed by atoms with Gasteiger partial charge in [-0.25, -0.2) is 0 Å². The Hall–Kier alpha value is -2.80. The summed E-state index contributed by atoms with van der Waals surface area (Å²) in [4.78, 5) is 11.4. The van der Waals surface area contributed by atoms with Gasteiger partial charge < -0.3 is 15.2 Å². The Morgan fingerprint density at radius 2 is 2.00 bits per heavy atom. The minimum absolute atomic E-state index is 0.523. The first-order valence-electron chi connectivity index (χ1n) is 11.9. The van der Waals surface area contributed by atoms with Crippen LogP contribution in [0.5, 0.6) is 5.75 Å². The monoisotopic (exact) mass is 444 g/mol. The molecule has 0 amide bonds. The van der Waals surface area contributed by atoms with Crippen molar-refractivity contribution >= 4 is 17.0 Å². The van der Waals surface area contributed by atoms with Gasteiger partial charge in [-0.3, -0.25) is 14.9 Å². The van der Waals surface area contributed by atoms with E-state index in [1.165, 1.54) is 12.8 Å². The fourth-order valence-corrected chi connectivity index (χ4v) is 5.48. The Labute approximate surface area is 195 Å². The van der Waals surface area contributed by atoms with Crippen molar-refractivity contribution in [3.63, 3.8) is 0 Å². The largest absolute Gasteiger partial charge is 0.495 e. The van der Waals surface area contributed by atoms with E-state index in [0.29, 0.717) is 30.4 Å². The van der Waals surface area contributed by atoms with Crippen molar-refractivity contribution in [2.45, 2.75) is 49.9 Å². The lowest BCUT2D eigenvalue weighted by molar-refractivity contribution is 0.0529. The second-order valence-electron chi connectivity index (χ2n) is 9.12. The minimum atomic E-state index is -0.545. The standard InChI is InChI=1S/C27H32N4O2/c1-33-23-16-25-24(8-4-9-26(25)30-17-23)27(32)18-31-21-10-11-22(31)15-20(14-21)29-13-5-7-19-6-2-3-12-28-19/h2-9,12,16-17,20-22,27,29,32H,10-11,13-15,18H2,1H3. The molecule has 2 aromatic heterocycles. The molecule has 1 aromatic carbocycles. The molecule has 2 aliphatic heterocycles. The number of hydrogen-bond donors (Lipinski definition) is 2. The Bertz CT molecular complexity index is 1090. The molecule has 6 nitrogen and oxygen atoms in total. The van der Waals surface area contributed by atoms with E-state index in [1.54, 1.807) is 13.3 Å². The molecule has 6 heteroatoms. The summed E-state index contributed by atoms with van der Waals surface area (Å²) in [5.41, 5.74) is 2.81. The van der Waals surface area contributed by atoms with Gasteiger partial charge in [-0.15, -0.1) is 0 Å². The first-order chi connectivity index (χ1) is 16.2. The number of piperidine rings is 1. The van der Waals surface area contributed by atoms with E-state index >= 15 is 0 Å². The number of benzene rings is 1. The molecule has 4 heterocycles. The maximum atomic E-state index is 11.2. The van der Waals surface area contributed by atoms with Gasteiger partial charge in [-0.1, -0.05) is 24.3 Å². The Kier molecular flexibility index (Phi) is 6.67. The average Bonchev–Trinajstić information content (AvgIpc) is 3.08. The number of aliphatic hydroxyl groups is 1. The number of aromatic nitrogens is 2. The highest BCUT2D eigenvalue weighted by molar-refractivity contribution is 5.83. The predicted octanol–water partition coefficient (Wildman–Crippen LogP) is 3.97. The van der Waals surface area contributed by atoms with Crippen LogP contribution in [-0.2, 0) is 0 Å². The molecule has 0 saturated carbocycles. The van der Waals surface area contributed by atoms with E-state index < -0.39 is 6.10 Å². The zero-order valence-corrected chi connectivity index (χ0v) is 19.1. The van der Waals surface area contributed by atoms with E-state index in [1.807, 2.05) is 48.7 Å². The van der Waals surface area contributed by atoms with E-state index in [0.717, 1.165) is 41.5 Å². The van der Waals surface area contributed by atoms with Gasteiger partial charge in [0.1, 0.15) is 5.75 Å². The lowest BCUT2D eigenvalue weighted by Gasteiger charge is -2.40. The molecule has 5 rings (SSSR count). The number of fused-ring (bicyclic) bond motifs is 3. The quantitative estimate of drug-likeness (QED) is 0.548. The number of nitrogens with one attached hydrogen (secondary N) is 1. The second kappa shape index (κ2) is 10.00. The molecule has 3 atom stereocenters. The summed E-state index contributed by atoms with van der Waals surface area (Å²) in [5.74, 6) is 0.714. The Morgan fingerprint density at radius 1 is 1.15 bits per heavy atom. The fourth-order valence-electron chi connectivity index (χ4n) is 5.48. The van der Waals surface area contributed by atoms with Gasteiger partial charge in [-0.05, 0) is 61.6 Å². The van der Waals surface area contributed by atoms with E-state index in [2.05, 4.69) is 32.3 Å². The minimum Gasteiger partial charge on any atom is -0.495 e. The molecule has 172 valence electrons. The summed E-state index contributed by atoms with van der Waals surface area (Å²) in [6.45, 7) is 1.52. The molecule has 33 heavy (non-hydrogen) atoms. The van der Waals surface area contributed by atoms with Crippen LogP contribution in [0.15, 0.2) is 60.9 Å². The van der Waals surface area contributed by atoms with Crippen molar-refractivity contribution < 1.29 is 9.84 Å². The number of ether oxygens (including phenoxy) is 1. The summed E-state index contributed by atoms with van der Waals surface area (Å²) in [6.07, 6.45) is 11.9. The van der Waals surface area contributed by atoms with Crippen LogP contribution >= 0.6 is 0 Å². The van der Waals surface area contributed by atoms with Crippen molar-refractivity contribution in [3.8, 4) is 5.75 Å². The summed E-state index contributed by atoms with van der Waals surface area (Å²) < 4.78 is 5.36. The van der Waals surface area contributed by atoms with Gasteiger partial charge in [0.15, 0.2) is 0 Å².